The molecule has 0 saturated carbocycles. The van der Waals surface area contributed by atoms with Gasteiger partial charge < -0.3 is 15.0 Å². The van der Waals surface area contributed by atoms with Crippen LogP contribution in [0.1, 0.15) is 24.5 Å². The summed E-state index contributed by atoms with van der Waals surface area (Å²) in [5, 5.41) is 7.22. The Labute approximate surface area is 148 Å². The molecule has 1 fully saturated rings. The van der Waals surface area contributed by atoms with Crippen LogP contribution < -0.4 is 10.1 Å². The number of aryl methyl sites for hydroxylation is 1. The lowest BCUT2D eigenvalue weighted by Gasteiger charge is -2.17. The quantitative estimate of drug-likeness (QED) is 0.878. The number of nitrogens with zero attached hydrogens (tertiary/aromatic N) is 3. The molecule has 0 unspecified atom stereocenters. The van der Waals surface area contributed by atoms with E-state index in [2.05, 4.69) is 10.4 Å². The molecule has 6 nitrogen and oxygen atoms in total. The predicted octanol–water partition coefficient (Wildman–Crippen LogP) is 2.59. The Hall–Kier alpha value is -2.50. The van der Waals surface area contributed by atoms with Crippen LogP contribution in [0.15, 0.2) is 36.7 Å². The van der Waals surface area contributed by atoms with Gasteiger partial charge in [-0.15, -0.1) is 0 Å². The first-order valence-electron chi connectivity index (χ1n) is 8.86. The second-order valence-electron chi connectivity index (χ2n) is 6.57. The van der Waals surface area contributed by atoms with Crippen LogP contribution in [0.5, 0.6) is 5.75 Å². The van der Waals surface area contributed by atoms with E-state index < -0.39 is 0 Å². The molecule has 3 rings (SSSR count). The maximum Gasteiger partial charge on any atom is 0.317 e. The number of amides is 2. The Balaban J connectivity index is 1.46. The molecular formula is C19H26N4O2. The minimum absolute atomic E-state index is 0.00972. The highest BCUT2D eigenvalue weighted by Gasteiger charge is 2.26. The summed E-state index contributed by atoms with van der Waals surface area (Å²) in [6.45, 7) is 4.74. The summed E-state index contributed by atoms with van der Waals surface area (Å²) in [6, 6.07) is 7.86. The monoisotopic (exact) mass is 342 g/mol. The maximum atomic E-state index is 12.4. The van der Waals surface area contributed by atoms with Gasteiger partial charge >= 0.3 is 6.03 Å². The highest BCUT2D eigenvalue weighted by atomic mass is 16.5. The van der Waals surface area contributed by atoms with Crippen LogP contribution in [0.25, 0.3) is 0 Å². The minimum atomic E-state index is 0.00972. The van der Waals surface area contributed by atoms with Crippen molar-refractivity contribution in [1.29, 1.82) is 0 Å². The number of carbonyl (C=O) groups excluding carboxylic acids is 1. The third-order valence-electron chi connectivity index (χ3n) is 4.51. The van der Waals surface area contributed by atoms with Crippen molar-refractivity contribution in [3.63, 3.8) is 0 Å². The molecule has 0 bridgehead atoms. The van der Waals surface area contributed by atoms with Crippen molar-refractivity contribution < 1.29 is 9.53 Å². The van der Waals surface area contributed by atoms with Gasteiger partial charge in [-0.3, -0.25) is 4.68 Å². The number of urea groups is 1. The first-order valence-corrected chi connectivity index (χ1v) is 8.86. The van der Waals surface area contributed by atoms with E-state index in [1.165, 1.54) is 5.56 Å². The van der Waals surface area contributed by atoms with E-state index in [9.17, 15) is 4.79 Å². The van der Waals surface area contributed by atoms with Gasteiger partial charge in [-0.05, 0) is 48.9 Å². The Morgan fingerprint density at radius 1 is 1.40 bits per heavy atom. The number of nitrogens with one attached hydrogen (secondary N) is 1. The number of benzene rings is 1. The summed E-state index contributed by atoms with van der Waals surface area (Å²) in [5.74, 6) is 1.35. The van der Waals surface area contributed by atoms with Crippen LogP contribution >= 0.6 is 0 Å². The average molecular weight is 342 g/mol. The van der Waals surface area contributed by atoms with E-state index in [1.807, 2.05) is 60.2 Å². The van der Waals surface area contributed by atoms with Crippen LogP contribution in [0.4, 0.5) is 4.79 Å². The van der Waals surface area contributed by atoms with Crippen molar-refractivity contribution in [1.82, 2.24) is 20.0 Å². The predicted molar refractivity (Wildman–Crippen MR) is 96.4 cm³/mol. The lowest BCUT2D eigenvalue weighted by Crippen LogP contribution is -2.38. The van der Waals surface area contributed by atoms with Gasteiger partial charge in [0.2, 0.25) is 0 Å². The van der Waals surface area contributed by atoms with Gasteiger partial charge in [-0.25, -0.2) is 4.79 Å². The third-order valence-corrected chi connectivity index (χ3v) is 4.51. The summed E-state index contributed by atoms with van der Waals surface area (Å²) in [6.07, 6.45) is 5.98. The van der Waals surface area contributed by atoms with E-state index >= 15 is 0 Å². The second kappa shape index (κ2) is 8.05. The van der Waals surface area contributed by atoms with Crippen molar-refractivity contribution in [2.45, 2.75) is 26.3 Å². The van der Waals surface area contributed by atoms with Crippen molar-refractivity contribution >= 4 is 6.03 Å². The molecule has 1 aromatic heterocycles. The molecular weight excluding hydrogens is 316 g/mol. The zero-order valence-corrected chi connectivity index (χ0v) is 14.9. The summed E-state index contributed by atoms with van der Waals surface area (Å²) in [7, 11) is 1.93. The fourth-order valence-electron chi connectivity index (χ4n) is 3.30. The second-order valence-corrected chi connectivity index (χ2v) is 6.57. The van der Waals surface area contributed by atoms with Gasteiger partial charge in [0.1, 0.15) is 5.75 Å². The van der Waals surface area contributed by atoms with Gasteiger partial charge in [-0.1, -0.05) is 12.1 Å². The first-order chi connectivity index (χ1) is 12.1. The smallest absolute Gasteiger partial charge is 0.317 e. The van der Waals surface area contributed by atoms with Crippen molar-refractivity contribution in [3.8, 4) is 5.75 Å². The molecule has 1 aliphatic heterocycles. The highest BCUT2D eigenvalue weighted by molar-refractivity contribution is 5.74. The molecule has 2 heterocycles. The van der Waals surface area contributed by atoms with Gasteiger partial charge in [0.25, 0.3) is 0 Å². The van der Waals surface area contributed by atoms with Crippen LogP contribution in [-0.2, 0) is 20.0 Å². The van der Waals surface area contributed by atoms with Crippen LogP contribution in [-0.4, -0.2) is 40.4 Å². The lowest BCUT2D eigenvalue weighted by molar-refractivity contribution is 0.206. The van der Waals surface area contributed by atoms with Gasteiger partial charge in [-0.2, -0.15) is 5.10 Å². The normalized spacial score (nSPS) is 16.9. The zero-order chi connectivity index (χ0) is 17.6. The molecule has 2 aromatic rings. The van der Waals surface area contributed by atoms with E-state index in [1.54, 1.807) is 0 Å². The van der Waals surface area contributed by atoms with Gasteiger partial charge in [0, 0.05) is 32.9 Å². The summed E-state index contributed by atoms with van der Waals surface area (Å²) in [4.78, 5) is 14.3. The van der Waals surface area contributed by atoms with Crippen molar-refractivity contribution in [3.05, 3.63) is 47.8 Å². The fraction of sp³-hybridized carbons (Fsp3) is 0.474. The summed E-state index contributed by atoms with van der Waals surface area (Å²) >= 11 is 0. The number of rotatable bonds is 6. The van der Waals surface area contributed by atoms with Gasteiger partial charge in [0.15, 0.2) is 0 Å². The molecule has 1 aliphatic rings. The molecule has 0 spiro atoms. The van der Waals surface area contributed by atoms with Crippen molar-refractivity contribution in [2.75, 3.05) is 19.7 Å². The van der Waals surface area contributed by atoms with E-state index in [4.69, 9.17) is 4.74 Å². The zero-order valence-electron chi connectivity index (χ0n) is 14.9. The molecule has 25 heavy (non-hydrogen) atoms. The largest absolute Gasteiger partial charge is 0.494 e. The Bertz CT molecular complexity index is 713. The number of aromatic nitrogens is 2. The Morgan fingerprint density at radius 2 is 2.28 bits per heavy atom. The van der Waals surface area contributed by atoms with Crippen LogP contribution in [0, 0.1) is 5.92 Å². The standard InChI is InChI=1S/C19H26N4O2/c1-3-25-18-6-4-5-15(10-18)11-20-19(24)23-8-7-16(14-23)9-17-12-21-22(2)13-17/h4-6,10,12-13,16H,3,7-9,11,14H2,1-2H3,(H,20,24)/t16-/m0/s1. The number of carbonyl (C=O) groups is 1. The minimum Gasteiger partial charge on any atom is -0.494 e. The lowest BCUT2D eigenvalue weighted by atomic mass is 10.0. The molecule has 2 amide bonds. The average Bonchev–Trinajstić information content (AvgIpc) is 3.23. The fourth-order valence-corrected chi connectivity index (χ4v) is 3.30. The Morgan fingerprint density at radius 3 is 3.04 bits per heavy atom. The maximum absolute atomic E-state index is 12.4. The summed E-state index contributed by atoms with van der Waals surface area (Å²) < 4.78 is 7.32. The molecule has 134 valence electrons. The summed E-state index contributed by atoms with van der Waals surface area (Å²) in [5.41, 5.74) is 2.29. The Kier molecular flexibility index (Phi) is 5.58. The first kappa shape index (κ1) is 17.3. The molecule has 1 aromatic carbocycles. The molecule has 1 N–H and O–H groups in total. The molecule has 1 atom stereocenters. The molecule has 6 heteroatoms. The topological polar surface area (TPSA) is 59.4 Å². The van der Waals surface area contributed by atoms with E-state index in [-0.39, 0.29) is 6.03 Å². The van der Waals surface area contributed by atoms with E-state index in [0.29, 0.717) is 19.1 Å². The molecule has 1 saturated heterocycles. The number of hydrogen-bond acceptors (Lipinski definition) is 3. The van der Waals surface area contributed by atoms with Gasteiger partial charge in [0.05, 0.1) is 12.8 Å². The number of ether oxygens (including phenoxy) is 1. The van der Waals surface area contributed by atoms with E-state index in [0.717, 1.165) is 37.2 Å². The number of hydrogen-bond donors (Lipinski definition) is 1. The SMILES string of the molecule is CCOc1cccc(CNC(=O)N2CC[C@@H](Cc3cnn(C)c3)C2)c1. The van der Waals surface area contributed by atoms with Crippen LogP contribution in [0.2, 0.25) is 0 Å². The molecule has 0 aliphatic carbocycles. The van der Waals surface area contributed by atoms with Crippen LogP contribution in [0.3, 0.4) is 0 Å². The molecule has 0 radical (unpaired) electrons. The highest BCUT2D eigenvalue weighted by Crippen LogP contribution is 2.21. The number of likely N-dealkylation sites (tertiary alicyclic amines) is 1. The van der Waals surface area contributed by atoms with Crippen molar-refractivity contribution in [2.24, 2.45) is 13.0 Å². The third kappa shape index (κ3) is 4.75.